The first kappa shape index (κ1) is 19.3. The maximum atomic E-state index is 13.8. The molecular formula is C19H18F3N3OS. The second-order valence-corrected chi connectivity index (χ2v) is 6.89. The Morgan fingerprint density at radius 2 is 1.89 bits per heavy atom. The molecule has 3 aromatic rings. The van der Waals surface area contributed by atoms with Crippen molar-refractivity contribution in [3.05, 3.63) is 56.6 Å². The molecule has 142 valence electrons. The molecule has 1 N–H and O–H groups in total. The lowest BCUT2D eigenvalue weighted by Gasteiger charge is -2.19. The molecule has 0 aliphatic rings. The molecule has 0 aliphatic heterocycles. The molecule has 0 spiro atoms. The van der Waals surface area contributed by atoms with Crippen LogP contribution in [0.2, 0.25) is 0 Å². The molecule has 4 nitrogen and oxygen atoms in total. The summed E-state index contributed by atoms with van der Waals surface area (Å²) in [6, 6.07) is 7.71. The van der Waals surface area contributed by atoms with Crippen molar-refractivity contribution in [2.75, 3.05) is 0 Å². The van der Waals surface area contributed by atoms with Crippen LogP contribution in [0.25, 0.3) is 22.3 Å². The fourth-order valence-corrected chi connectivity index (χ4v) is 3.29. The van der Waals surface area contributed by atoms with Crippen molar-refractivity contribution in [1.82, 2.24) is 14.5 Å². The van der Waals surface area contributed by atoms with Crippen LogP contribution in [-0.4, -0.2) is 14.5 Å². The zero-order chi connectivity index (χ0) is 19.9. The summed E-state index contributed by atoms with van der Waals surface area (Å²) in [6.45, 7) is 5.59. The third kappa shape index (κ3) is 3.53. The number of hydrogen-bond donors (Lipinski definition) is 1. The maximum Gasteiger partial charge on any atom is 0.417 e. The van der Waals surface area contributed by atoms with E-state index >= 15 is 0 Å². The van der Waals surface area contributed by atoms with Crippen LogP contribution in [0.4, 0.5) is 13.2 Å². The van der Waals surface area contributed by atoms with Gasteiger partial charge in [0.05, 0.1) is 16.6 Å². The van der Waals surface area contributed by atoms with E-state index < -0.39 is 22.7 Å². The third-order valence-corrected chi connectivity index (χ3v) is 4.88. The number of nitrogens with one attached hydrogen (secondary N) is 1. The van der Waals surface area contributed by atoms with Crippen molar-refractivity contribution in [2.24, 2.45) is 0 Å². The molecule has 0 saturated carbocycles. The van der Waals surface area contributed by atoms with Gasteiger partial charge in [0.15, 0.2) is 4.77 Å². The van der Waals surface area contributed by atoms with Crippen LogP contribution in [0.1, 0.15) is 37.4 Å². The first-order chi connectivity index (χ1) is 12.6. The minimum Gasteiger partial charge on any atom is -0.300 e. The quantitative estimate of drug-likeness (QED) is 0.605. The van der Waals surface area contributed by atoms with Crippen molar-refractivity contribution < 1.29 is 13.2 Å². The van der Waals surface area contributed by atoms with Gasteiger partial charge >= 0.3 is 6.18 Å². The number of benzene rings is 1. The van der Waals surface area contributed by atoms with Gasteiger partial charge in [-0.25, -0.2) is 4.98 Å². The van der Waals surface area contributed by atoms with Gasteiger partial charge in [-0.1, -0.05) is 36.8 Å². The maximum absolute atomic E-state index is 13.8. The predicted molar refractivity (Wildman–Crippen MR) is 101 cm³/mol. The number of aryl methyl sites for hydroxylation is 1. The van der Waals surface area contributed by atoms with Crippen molar-refractivity contribution in [2.45, 2.75) is 39.4 Å². The first-order valence-corrected chi connectivity index (χ1v) is 8.88. The van der Waals surface area contributed by atoms with Gasteiger partial charge < -0.3 is 0 Å². The number of halogens is 3. The van der Waals surface area contributed by atoms with Crippen LogP contribution < -0.4 is 5.56 Å². The Kier molecular flexibility index (Phi) is 4.94. The number of H-pyrrole nitrogens is 1. The fraction of sp³-hybridized carbons (Fsp3) is 0.316. The van der Waals surface area contributed by atoms with E-state index in [9.17, 15) is 18.0 Å². The number of alkyl halides is 3. The highest BCUT2D eigenvalue weighted by Gasteiger charge is 2.35. The molecule has 0 saturated heterocycles. The van der Waals surface area contributed by atoms with Gasteiger partial charge in [0.2, 0.25) is 0 Å². The molecule has 2 aromatic heterocycles. The van der Waals surface area contributed by atoms with Gasteiger partial charge in [0, 0.05) is 11.6 Å². The second kappa shape index (κ2) is 6.92. The second-order valence-electron chi connectivity index (χ2n) is 6.50. The highest BCUT2D eigenvalue weighted by Crippen LogP contribution is 2.36. The smallest absolute Gasteiger partial charge is 0.300 e. The van der Waals surface area contributed by atoms with Gasteiger partial charge in [-0.3, -0.25) is 14.3 Å². The van der Waals surface area contributed by atoms with E-state index in [4.69, 9.17) is 12.2 Å². The molecule has 0 radical (unpaired) electrons. The SMILES string of the molecule is CC[C@@H](C)n1c(=S)[nH]c(=O)c2c(C(F)(F)F)cc(-c3ccc(C)cc3)nc21. The number of pyridine rings is 1. The number of rotatable bonds is 3. The van der Waals surface area contributed by atoms with Gasteiger partial charge in [-0.05, 0) is 38.6 Å². The number of aromatic amines is 1. The minimum atomic E-state index is -4.70. The Balaban J connectivity index is 2.49. The number of aromatic nitrogens is 3. The third-order valence-electron chi connectivity index (χ3n) is 4.58. The van der Waals surface area contributed by atoms with Crippen LogP contribution in [0.5, 0.6) is 0 Å². The average molecular weight is 393 g/mol. The zero-order valence-corrected chi connectivity index (χ0v) is 15.8. The van der Waals surface area contributed by atoms with Crippen LogP contribution in [0, 0.1) is 11.7 Å². The molecule has 8 heteroatoms. The summed E-state index contributed by atoms with van der Waals surface area (Å²) >= 11 is 5.21. The summed E-state index contributed by atoms with van der Waals surface area (Å²) < 4.78 is 42.8. The molecule has 0 aliphatic carbocycles. The number of fused-ring (bicyclic) bond motifs is 1. The van der Waals surface area contributed by atoms with E-state index in [1.165, 1.54) is 4.57 Å². The summed E-state index contributed by atoms with van der Waals surface area (Å²) in [5, 5.41) is -0.493. The molecule has 0 unspecified atom stereocenters. The summed E-state index contributed by atoms with van der Waals surface area (Å²) in [4.78, 5) is 19.1. The van der Waals surface area contributed by atoms with Crippen LogP contribution in [0.3, 0.4) is 0 Å². The molecule has 1 atom stereocenters. The number of hydrogen-bond acceptors (Lipinski definition) is 3. The van der Waals surface area contributed by atoms with Crippen molar-refractivity contribution in [1.29, 1.82) is 0 Å². The molecule has 3 rings (SSSR count). The summed E-state index contributed by atoms with van der Waals surface area (Å²) in [6.07, 6.45) is -4.09. The van der Waals surface area contributed by atoms with E-state index in [1.54, 1.807) is 24.3 Å². The molecule has 0 amide bonds. The predicted octanol–water partition coefficient (Wildman–Crippen LogP) is 5.42. The van der Waals surface area contributed by atoms with Crippen LogP contribution in [0.15, 0.2) is 35.1 Å². The van der Waals surface area contributed by atoms with E-state index in [1.807, 2.05) is 20.8 Å². The Morgan fingerprint density at radius 3 is 2.44 bits per heavy atom. The lowest BCUT2D eigenvalue weighted by molar-refractivity contribution is -0.136. The van der Waals surface area contributed by atoms with E-state index in [0.29, 0.717) is 12.0 Å². The largest absolute Gasteiger partial charge is 0.417 e. The lowest BCUT2D eigenvalue weighted by atomic mass is 10.0. The van der Waals surface area contributed by atoms with E-state index in [0.717, 1.165) is 11.6 Å². The Labute approximate surface area is 158 Å². The Bertz CT molecular complexity index is 1110. The molecule has 1 aromatic carbocycles. The summed E-state index contributed by atoms with van der Waals surface area (Å²) in [5.41, 5.74) is -0.291. The van der Waals surface area contributed by atoms with Crippen molar-refractivity contribution >= 4 is 23.3 Å². The fourth-order valence-electron chi connectivity index (χ4n) is 2.93. The highest BCUT2D eigenvalue weighted by molar-refractivity contribution is 7.71. The standard InChI is InChI=1S/C19H18F3N3OS/c1-4-11(3)25-16-15(17(26)24-18(25)27)13(19(20,21)22)9-14(23-16)12-7-5-10(2)6-8-12/h5-9,11H,4H2,1-3H3,(H,24,26,27)/t11-/m1/s1. The van der Waals surface area contributed by atoms with Crippen LogP contribution >= 0.6 is 12.2 Å². The zero-order valence-electron chi connectivity index (χ0n) is 15.0. The van der Waals surface area contributed by atoms with Gasteiger partial charge in [0.1, 0.15) is 5.65 Å². The van der Waals surface area contributed by atoms with Crippen molar-refractivity contribution in [3.8, 4) is 11.3 Å². The molecule has 0 bridgehead atoms. The topological polar surface area (TPSA) is 50.7 Å². The summed E-state index contributed by atoms with van der Waals surface area (Å²) in [5.74, 6) is 0. The van der Waals surface area contributed by atoms with Crippen molar-refractivity contribution in [3.63, 3.8) is 0 Å². The molecule has 2 heterocycles. The average Bonchev–Trinajstić information content (AvgIpc) is 2.60. The van der Waals surface area contributed by atoms with E-state index in [-0.39, 0.29) is 22.2 Å². The molecule has 0 fully saturated rings. The first-order valence-electron chi connectivity index (χ1n) is 8.47. The minimum absolute atomic E-state index is 0.0523. The van der Waals surface area contributed by atoms with Gasteiger partial charge in [-0.15, -0.1) is 0 Å². The summed E-state index contributed by atoms with van der Waals surface area (Å²) in [7, 11) is 0. The molecular weight excluding hydrogens is 375 g/mol. The Hall–Kier alpha value is -2.48. The normalized spacial score (nSPS) is 13.1. The molecule has 27 heavy (non-hydrogen) atoms. The Morgan fingerprint density at radius 1 is 1.26 bits per heavy atom. The van der Waals surface area contributed by atoms with Gasteiger partial charge in [-0.2, -0.15) is 13.2 Å². The lowest BCUT2D eigenvalue weighted by Crippen LogP contribution is -2.22. The van der Waals surface area contributed by atoms with Crippen LogP contribution in [-0.2, 0) is 6.18 Å². The number of nitrogens with zero attached hydrogens (tertiary/aromatic N) is 2. The van der Waals surface area contributed by atoms with Gasteiger partial charge in [0.25, 0.3) is 5.56 Å². The highest BCUT2D eigenvalue weighted by atomic mass is 32.1. The van der Waals surface area contributed by atoms with E-state index in [2.05, 4.69) is 9.97 Å². The monoisotopic (exact) mass is 393 g/mol.